The van der Waals surface area contributed by atoms with Crippen LogP contribution >= 0.6 is 11.6 Å². The molecule has 0 bridgehead atoms. The van der Waals surface area contributed by atoms with E-state index < -0.39 is 22.1 Å². The minimum Gasteiger partial charge on any atom is -0.490 e. The van der Waals surface area contributed by atoms with Gasteiger partial charge in [-0.15, -0.1) is 0 Å². The molecule has 0 radical (unpaired) electrons. The number of benzene rings is 2. The molecule has 27 heavy (non-hydrogen) atoms. The summed E-state index contributed by atoms with van der Waals surface area (Å²) >= 11 is 5.88. The lowest BCUT2D eigenvalue weighted by atomic mass is 10.2. The molecule has 2 N–H and O–H groups in total. The molecule has 0 spiro atoms. The largest absolute Gasteiger partial charge is 0.490 e. The summed E-state index contributed by atoms with van der Waals surface area (Å²) in [7, 11) is -3.74. The van der Waals surface area contributed by atoms with Gasteiger partial charge in [-0.05, 0) is 61.9 Å². The molecule has 0 aliphatic rings. The molecule has 2 rings (SSSR count). The van der Waals surface area contributed by atoms with Crippen molar-refractivity contribution in [3.05, 3.63) is 53.1 Å². The summed E-state index contributed by atoms with van der Waals surface area (Å²) in [5.74, 6) is 0.451. The van der Waals surface area contributed by atoms with Crippen LogP contribution in [0.25, 0.3) is 0 Å². The number of sulfonamides is 1. The molecule has 0 aliphatic carbocycles. The highest BCUT2D eigenvalue weighted by Gasteiger charge is 2.17. The van der Waals surface area contributed by atoms with Crippen molar-refractivity contribution in [3.8, 4) is 11.5 Å². The van der Waals surface area contributed by atoms with E-state index in [1.807, 2.05) is 6.92 Å². The van der Waals surface area contributed by atoms with Crippen molar-refractivity contribution < 1.29 is 27.4 Å². The molecular formula is C18H20ClNO6S. The number of halogens is 1. The van der Waals surface area contributed by atoms with Gasteiger partial charge in [0.2, 0.25) is 10.0 Å². The van der Waals surface area contributed by atoms with Crippen molar-refractivity contribution in [2.75, 3.05) is 13.2 Å². The van der Waals surface area contributed by atoms with Crippen LogP contribution in [-0.2, 0) is 19.6 Å². The lowest BCUT2D eigenvalue weighted by molar-refractivity contribution is -0.151. The van der Waals surface area contributed by atoms with Crippen LogP contribution in [0.15, 0.2) is 47.4 Å². The van der Waals surface area contributed by atoms with Crippen LogP contribution in [-0.4, -0.2) is 33.7 Å². The Labute approximate surface area is 163 Å². The zero-order valence-electron chi connectivity index (χ0n) is 14.8. The highest BCUT2D eigenvalue weighted by molar-refractivity contribution is 7.89. The molecule has 0 aliphatic heterocycles. The Morgan fingerprint density at radius 2 is 1.81 bits per heavy atom. The fourth-order valence-electron chi connectivity index (χ4n) is 2.13. The van der Waals surface area contributed by atoms with Crippen LogP contribution in [0.3, 0.4) is 0 Å². The molecule has 0 amide bonds. The van der Waals surface area contributed by atoms with Gasteiger partial charge in [-0.2, -0.15) is 0 Å². The van der Waals surface area contributed by atoms with Crippen molar-refractivity contribution in [2.45, 2.75) is 24.8 Å². The first-order valence-corrected chi connectivity index (χ1v) is 9.94. The second-order valence-corrected chi connectivity index (χ2v) is 7.70. The number of aryl methyl sites for hydroxylation is 1. The monoisotopic (exact) mass is 413 g/mol. The number of primary sulfonamides is 1. The third-order valence-electron chi connectivity index (χ3n) is 3.52. The van der Waals surface area contributed by atoms with Crippen LogP contribution in [0, 0.1) is 6.92 Å². The van der Waals surface area contributed by atoms with Crippen LogP contribution in [0.2, 0.25) is 5.02 Å². The summed E-state index contributed by atoms with van der Waals surface area (Å²) in [6.07, 6.45) is -0.793. The van der Waals surface area contributed by atoms with Gasteiger partial charge < -0.3 is 14.2 Å². The van der Waals surface area contributed by atoms with Gasteiger partial charge in [0.05, 0.1) is 4.90 Å². The number of hydrogen-bond donors (Lipinski definition) is 1. The maximum atomic E-state index is 12.0. The Kier molecular flexibility index (Phi) is 7.06. The first-order valence-electron chi connectivity index (χ1n) is 8.02. The normalized spacial score (nSPS) is 12.3. The summed E-state index contributed by atoms with van der Waals surface area (Å²) < 4.78 is 38.4. The van der Waals surface area contributed by atoms with Crippen molar-refractivity contribution in [1.29, 1.82) is 0 Å². The fourth-order valence-corrected chi connectivity index (χ4v) is 2.87. The first kappa shape index (κ1) is 21.0. The van der Waals surface area contributed by atoms with Gasteiger partial charge in [0.25, 0.3) is 0 Å². The van der Waals surface area contributed by atoms with E-state index in [0.29, 0.717) is 16.5 Å². The molecule has 1 unspecified atom stereocenters. The van der Waals surface area contributed by atoms with Gasteiger partial charge in [-0.1, -0.05) is 11.6 Å². The molecule has 7 nitrogen and oxygen atoms in total. The van der Waals surface area contributed by atoms with Crippen LogP contribution in [0.5, 0.6) is 11.5 Å². The number of ether oxygens (including phenoxy) is 3. The Morgan fingerprint density at radius 1 is 1.15 bits per heavy atom. The van der Waals surface area contributed by atoms with Gasteiger partial charge in [-0.3, -0.25) is 0 Å². The average molecular weight is 414 g/mol. The Bertz CT molecular complexity index is 899. The Hall–Kier alpha value is -2.29. The SMILES string of the molecule is Cc1cc(Cl)ccc1OC(C)C(=O)OCCOc1ccc(S(N)(=O)=O)cc1. The van der Waals surface area contributed by atoms with Gasteiger partial charge in [0.15, 0.2) is 6.10 Å². The number of hydrogen-bond acceptors (Lipinski definition) is 6. The molecule has 0 saturated heterocycles. The van der Waals surface area contributed by atoms with Crippen molar-refractivity contribution in [1.82, 2.24) is 0 Å². The number of nitrogens with two attached hydrogens (primary N) is 1. The molecule has 2 aromatic carbocycles. The molecule has 2 aromatic rings. The minimum absolute atomic E-state index is 0.00950. The lowest BCUT2D eigenvalue weighted by Crippen LogP contribution is -2.27. The third kappa shape index (κ3) is 6.42. The van der Waals surface area contributed by atoms with E-state index in [2.05, 4.69) is 0 Å². The highest BCUT2D eigenvalue weighted by atomic mass is 35.5. The molecule has 0 fully saturated rings. The van der Waals surface area contributed by atoms with Crippen molar-refractivity contribution >= 4 is 27.6 Å². The summed E-state index contributed by atoms with van der Waals surface area (Å²) in [5, 5.41) is 5.60. The van der Waals surface area contributed by atoms with Gasteiger partial charge in [0.1, 0.15) is 24.7 Å². The maximum Gasteiger partial charge on any atom is 0.347 e. The van der Waals surface area contributed by atoms with Gasteiger partial charge >= 0.3 is 5.97 Å². The Balaban J connectivity index is 1.76. The molecule has 9 heteroatoms. The van der Waals surface area contributed by atoms with E-state index >= 15 is 0 Å². The summed E-state index contributed by atoms with van der Waals surface area (Å²) in [5.41, 5.74) is 0.813. The minimum atomic E-state index is -3.74. The zero-order valence-corrected chi connectivity index (χ0v) is 16.4. The number of rotatable bonds is 8. The number of esters is 1. The number of carbonyl (C=O) groups is 1. The molecule has 1 atom stereocenters. The lowest BCUT2D eigenvalue weighted by Gasteiger charge is -2.16. The van der Waals surface area contributed by atoms with Crippen molar-refractivity contribution in [2.24, 2.45) is 5.14 Å². The average Bonchev–Trinajstić information content (AvgIpc) is 2.60. The van der Waals surface area contributed by atoms with E-state index in [1.54, 1.807) is 25.1 Å². The second kappa shape index (κ2) is 9.07. The first-order chi connectivity index (χ1) is 12.7. The quantitative estimate of drug-likeness (QED) is 0.527. The maximum absolute atomic E-state index is 12.0. The summed E-state index contributed by atoms with van der Waals surface area (Å²) in [6, 6.07) is 10.7. The molecule has 0 heterocycles. The molecule has 0 aromatic heterocycles. The number of carbonyl (C=O) groups excluding carboxylic acids is 1. The highest BCUT2D eigenvalue weighted by Crippen LogP contribution is 2.23. The van der Waals surface area contributed by atoms with E-state index in [9.17, 15) is 13.2 Å². The van der Waals surface area contributed by atoms with Gasteiger partial charge in [0, 0.05) is 5.02 Å². The predicted octanol–water partition coefficient (Wildman–Crippen LogP) is 2.69. The zero-order chi connectivity index (χ0) is 20.0. The van der Waals surface area contributed by atoms with E-state index in [4.69, 9.17) is 31.0 Å². The topological polar surface area (TPSA) is 105 Å². The van der Waals surface area contributed by atoms with Crippen LogP contribution in [0.1, 0.15) is 12.5 Å². The fraction of sp³-hybridized carbons (Fsp3) is 0.278. The Morgan fingerprint density at radius 3 is 2.41 bits per heavy atom. The molecular weight excluding hydrogens is 394 g/mol. The summed E-state index contributed by atoms with van der Waals surface area (Å²) in [4.78, 5) is 12.0. The standard InChI is InChI=1S/C18H20ClNO6S/c1-12-11-14(19)3-8-17(12)26-13(2)18(21)25-10-9-24-15-4-6-16(7-5-15)27(20,22)23/h3-8,11,13H,9-10H2,1-2H3,(H2,20,22,23). The molecule has 0 saturated carbocycles. The second-order valence-electron chi connectivity index (χ2n) is 5.70. The summed E-state index contributed by atoms with van der Waals surface area (Å²) in [6.45, 7) is 3.54. The van der Waals surface area contributed by atoms with Crippen LogP contribution in [0.4, 0.5) is 0 Å². The van der Waals surface area contributed by atoms with Gasteiger partial charge in [-0.25, -0.2) is 18.4 Å². The van der Waals surface area contributed by atoms with Crippen LogP contribution < -0.4 is 14.6 Å². The van der Waals surface area contributed by atoms with E-state index in [1.165, 1.54) is 24.3 Å². The predicted molar refractivity (Wildman–Crippen MR) is 101 cm³/mol. The van der Waals surface area contributed by atoms with E-state index in [-0.39, 0.29) is 18.1 Å². The third-order valence-corrected chi connectivity index (χ3v) is 4.69. The van der Waals surface area contributed by atoms with Crippen molar-refractivity contribution in [3.63, 3.8) is 0 Å². The molecule has 146 valence electrons. The van der Waals surface area contributed by atoms with E-state index in [0.717, 1.165) is 5.56 Å². The smallest absolute Gasteiger partial charge is 0.347 e.